The zero-order valence-corrected chi connectivity index (χ0v) is 20.8. The summed E-state index contributed by atoms with van der Waals surface area (Å²) < 4.78 is 31.8. The summed E-state index contributed by atoms with van der Waals surface area (Å²) in [5.41, 5.74) is 5.11. The van der Waals surface area contributed by atoms with Crippen LogP contribution in [0.1, 0.15) is 24.6 Å². The average Bonchev–Trinajstić information content (AvgIpc) is 3.52. The predicted octanol–water partition coefficient (Wildman–Crippen LogP) is 2.92. The summed E-state index contributed by atoms with van der Waals surface area (Å²) in [5.74, 6) is 0.563. The number of fused-ring (bicyclic) bond motifs is 1. The Morgan fingerprint density at radius 2 is 2.12 bits per heavy atom. The van der Waals surface area contributed by atoms with Crippen LogP contribution in [0.3, 0.4) is 0 Å². The Labute approximate surface area is 201 Å². The molecule has 34 heavy (non-hydrogen) atoms. The molecule has 0 spiro atoms. The van der Waals surface area contributed by atoms with E-state index in [4.69, 9.17) is 4.98 Å². The molecule has 1 aliphatic heterocycles. The molecule has 0 aromatic carbocycles. The van der Waals surface area contributed by atoms with E-state index in [2.05, 4.69) is 31.5 Å². The molecule has 10 nitrogen and oxygen atoms in total. The first-order valence-electron chi connectivity index (χ1n) is 11.0. The van der Waals surface area contributed by atoms with Crippen LogP contribution in [0.25, 0.3) is 22.5 Å². The Morgan fingerprint density at radius 3 is 2.82 bits per heavy atom. The van der Waals surface area contributed by atoms with Crippen LogP contribution in [0, 0.1) is 6.92 Å². The van der Waals surface area contributed by atoms with Crippen molar-refractivity contribution in [3.8, 4) is 11.3 Å². The number of anilines is 2. The third-order valence-electron chi connectivity index (χ3n) is 5.54. The lowest BCUT2D eigenvalue weighted by Crippen LogP contribution is -2.22. The van der Waals surface area contributed by atoms with Crippen molar-refractivity contribution >= 4 is 43.4 Å². The van der Waals surface area contributed by atoms with Crippen molar-refractivity contribution in [3.05, 3.63) is 48.2 Å². The lowest BCUT2D eigenvalue weighted by atomic mass is 10.1. The van der Waals surface area contributed by atoms with Gasteiger partial charge in [0.1, 0.15) is 4.21 Å². The van der Waals surface area contributed by atoms with Crippen molar-refractivity contribution in [2.75, 3.05) is 25.0 Å². The molecule has 12 heteroatoms. The minimum Gasteiger partial charge on any atom is -0.329 e. The van der Waals surface area contributed by atoms with Gasteiger partial charge in [-0.15, -0.1) is 11.3 Å². The summed E-state index contributed by atoms with van der Waals surface area (Å²) in [6.07, 6.45) is 10.7. The number of thiophene rings is 1. The van der Waals surface area contributed by atoms with Gasteiger partial charge >= 0.3 is 0 Å². The van der Waals surface area contributed by atoms with Gasteiger partial charge in [-0.2, -0.15) is 5.10 Å². The Balaban J connectivity index is 1.62. The van der Waals surface area contributed by atoms with Gasteiger partial charge in [0.15, 0.2) is 11.5 Å². The number of nitrogens with one attached hydrogen (secondary N) is 3. The second-order valence-electron chi connectivity index (χ2n) is 8.12. The fourth-order valence-corrected chi connectivity index (χ4v) is 6.68. The first kappa shape index (κ1) is 22.7. The van der Waals surface area contributed by atoms with E-state index in [1.165, 1.54) is 11.3 Å². The maximum Gasteiger partial charge on any atom is 0.250 e. The van der Waals surface area contributed by atoms with E-state index < -0.39 is 10.0 Å². The summed E-state index contributed by atoms with van der Waals surface area (Å²) >= 11 is 1.18. The number of imidazole rings is 1. The molecule has 0 saturated carbocycles. The Hall–Kier alpha value is -3.06. The van der Waals surface area contributed by atoms with Gasteiger partial charge in [0, 0.05) is 38.1 Å². The first-order chi connectivity index (χ1) is 16.4. The molecule has 0 bridgehead atoms. The van der Waals surface area contributed by atoms with Crippen molar-refractivity contribution in [3.63, 3.8) is 0 Å². The smallest absolute Gasteiger partial charge is 0.250 e. The largest absolute Gasteiger partial charge is 0.329 e. The minimum absolute atomic E-state index is 0.294. The van der Waals surface area contributed by atoms with Crippen LogP contribution in [-0.2, 0) is 17.1 Å². The van der Waals surface area contributed by atoms with Crippen LogP contribution in [0.2, 0.25) is 0 Å². The molecule has 0 radical (unpaired) electrons. The monoisotopic (exact) mass is 498 g/mol. The molecule has 3 N–H and O–H groups in total. The lowest BCUT2D eigenvalue weighted by Gasteiger charge is -2.16. The summed E-state index contributed by atoms with van der Waals surface area (Å²) in [7, 11) is -1.67. The van der Waals surface area contributed by atoms with E-state index in [0.717, 1.165) is 42.0 Å². The molecule has 5 heterocycles. The maximum atomic E-state index is 12.6. The van der Waals surface area contributed by atoms with Crippen molar-refractivity contribution in [2.24, 2.45) is 7.05 Å². The van der Waals surface area contributed by atoms with E-state index in [1.807, 2.05) is 29.9 Å². The van der Waals surface area contributed by atoms with Crippen LogP contribution in [0.15, 0.2) is 41.1 Å². The van der Waals surface area contributed by atoms with E-state index >= 15 is 0 Å². The second-order valence-corrected chi connectivity index (χ2v) is 11.1. The Morgan fingerprint density at radius 1 is 1.26 bits per heavy atom. The van der Waals surface area contributed by atoms with Crippen molar-refractivity contribution < 1.29 is 8.42 Å². The second kappa shape index (κ2) is 8.95. The Bertz CT molecular complexity index is 1500. The lowest BCUT2D eigenvalue weighted by molar-refractivity contribution is 0.585. The van der Waals surface area contributed by atoms with Crippen LogP contribution < -0.4 is 15.4 Å². The van der Waals surface area contributed by atoms with Crippen LogP contribution in [-0.4, -0.2) is 52.2 Å². The van der Waals surface area contributed by atoms with Crippen molar-refractivity contribution in [2.45, 2.75) is 24.5 Å². The predicted molar refractivity (Wildman–Crippen MR) is 134 cm³/mol. The normalized spacial score (nSPS) is 14.5. The van der Waals surface area contributed by atoms with Gasteiger partial charge in [-0.1, -0.05) is 13.0 Å². The number of aryl methyl sites for hydroxylation is 2. The van der Waals surface area contributed by atoms with Gasteiger partial charge in [-0.25, -0.2) is 23.1 Å². The fourth-order valence-electron chi connectivity index (χ4n) is 4.00. The van der Waals surface area contributed by atoms with Crippen molar-refractivity contribution in [1.29, 1.82) is 0 Å². The zero-order chi connectivity index (χ0) is 23.9. The van der Waals surface area contributed by atoms with Gasteiger partial charge < -0.3 is 10.6 Å². The molecule has 1 aliphatic rings. The molecule has 5 rings (SSSR count). The molecule has 4 aromatic heterocycles. The van der Waals surface area contributed by atoms with E-state index in [0.29, 0.717) is 32.8 Å². The van der Waals surface area contributed by atoms with Crippen LogP contribution in [0.4, 0.5) is 10.8 Å². The van der Waals surface area contributed by atoms with E-state index in [1.54, 1.807) is 30.9 Å². The number of nitrogens with zero attached hydrogens (tertiary/aromatic N) is 5. The molecule has 178 valence electrons. The highest BCUT2D eigenvalue weighted by atomic mass is 32.2. The van der Waals surface area contributed by atoms with Crippen molar-refractivity contribution in [1.82, 2.24) is 34.2 Å². The molecule has 0 fully saturated rings. The molecule has 0 amide bonds. The molecular weight excluding hydrogens is 472 g/mol. The number of sulfonamides is 1. The summed E-state index contributed by atoms with van der Waals surface area (Å²) in [6.45, 7) is 5.57. The van der Waals surface area contributed by atoms with Crippen LogP contribution in [0.5, 0.6) is 0 Å². The van der Waals surface area contributed by atoms with Gasteiger partial charge in [0.25, 0.3) is 0 Å². The van der Waals surface area contributed by atoms with Gasteiger partial charge in [0.05, 0.1) is 28.8 Å². The topological polar surface area (TPSA) is 118 Å². The molecule has 0 saturated heterocycles. The third-order valence-corrected chi connectivity index (χ3v) is 8.88. The number of hydrogen-bond donors (Lipinski definition) is 3. The van der Waals surface area contributed by atoms with E-state index in [-0.39, 0.29) is 0 Å². The van der Waals surface area contributed by atoms with Gasteiger partial charge in [0.2, 0.25) is 10.0 Å². The van der Waals surface area contributed by atoms with Gasteiger partial charge in [-0.05, 0) is 37.1 Å². The maximum absolute atomic E-state index is 12.6. The highest BCUT2D eigenvalue weighted by Gasteiger charge is 2.21. The molecule has 0 atom stereocenters. The van der Waals surface area contributed by atoms with Crippen LogP contribution >= 0.6 is 11.3 Å². The summed E-state index contributed by atoms with van der Waals surface area (Å²) in [5, 5.41) is 11.7. The summed E-state index contributed by atoms with van der Waals surface area (Å²) in [6, 6.07) is 1.83. The SMILES string of the molecule is CCNS(=O)(=O)c1sc(Nc2nc(C3=CCCNC3)cn3c(-c4cnn(C)c4)cnc23)cc1C. The quantitative estimate of drug-likeness (QED) is 0.359. The fraction of sp³-hybridized carbons (Fsp3) is 0.318. The van der Waals surface area contributed by atoms with E-state index in [9.17, 15) is 8.42 Å². The molecular formula is C22H26N8O2S2. The zero-order valence-electron chi connectivity index (χ0n) is 19.2. The third kappa shape index (κ3) is 4.25. The summed E-state index contributed by atoms with van der Waals surface area (Å²) in [4.78, 5) is 9.52. The highest BCUT2D eigenvalue weighted by Crippen LogP contribution is 2.34. The highest BCUT2D eigenvalue weighted by molar-refractivity contribution is 7.91. The Kier molecular flexibility index (Phi) is 5.98. The average molecular weight is 499 g/mol. The standard InChI is InChI=1S/C22H26N8O2S2/c1-4-26-34(31,32)22-14(2)8-19(33-22)28-20-21-24-11-18(16-10-25-29(3)12-16)30(21)13-17(27-20)15-6-5-7-23-9-15/h6,8,10-13,23,26H,4-5,7,9H2,1-3H3,(H,27,28). The number of aromatic nitrogens is 5. The van der Waals surface area contributed by atoms with Gasteiger partial charge in [-0.3, -0.25) is 9.08 Å². The minimum atomic E-state index is -3.55. The molecule has 4 aromatic rings. The molecule has 0 unspecified atom stereocenters. The number of hydrogen-bond acceptors (Lipinski definition) is 8. The first-order valence-corrected chi connectivity index (χ1v) is 13.3. The number of rotatable bonds is 7. The molecule has 0 aliphatic carbocycles.